The SMILES string of the molecule is Cc1cccc(C(=O)NCCNC2CC2)n1. The molecule has 1 aliphatic rings. The minimum absolute atomic E-state index is 0.0960. The Balaban J connectivity index is 1.73. The first-order chi connectivity index (χ1) is 7.75. The van der Waals surface area contributed by atoms with Crippen LogP contribution in [0.25, 0.3) is 0 Å². The summed E-state index contributed by atoms with van der Waals surface area (Å²) in [6.45, 7) is 3.37. The van der Waals surface area contributed by atoms with Crippen LogP contribution in [-0.4, -0.2) is 30.0 Å². The fourth-order valence-electron chi connectivity index (χ4n) is 1.50. The maximum Gasteiger partial charge on any atom is 0.269 e. The summed E-state index contributed by atoms with van der Waals surface area (Å²) in [6.07, 6.45) is 2.54. The van der Waals surface area contributed by atoms with Crippen LogP contribution in [0.5, 0.6) is 0 Å². The van der Waals surface area contributed by atoms with Crippen molar-refractivity contribution in [3.63, 3.8) is 0 Å². The van der Waals surface area contributed by atoms with Crippen molar-refractivity contribution in [3.05, 3.63) is 29.6 Å². The molecule has 0 saturated heterocycles. The van der Waals surface area contributed by atoms with Gasteiger partial charge in [0.2, 0.25) is 0 Å². The lowest BCUT2D eigenvalue weighted by molar-refractivity contribution is 0.0948. The zero-order valence-electron chi connectivity index (χ0n) is 9.49. The second-order valence-corrected chi connectivity index (χ2v) is 4.15. The number of carbonyl (C=O) groups is 1. The maximum atomic E-state index is 11.7. The van der Waals surface area contributed by atoms with E-state index in [-0.39, 0.29) is 5.91 Å². The number of pyridine rings is 1. The van der Waals surface area contributed by atoms with Crippen molar-refractivity contribution >= 4 is 5.91 Å². The van der Waals surface area contributed by atoms with Crippen LogP contribution in [0.1, 0.15) is 29.0 Å². The molecule has 16 heavy (non-hydrogen) atoms. The van der Waals surface area contributed by atoms with Crippen LogP contribution in [0.4, 0.5) is 0 Å². The lowest BCUT2D eigenvalue weighted by atomic mass is 10.3. The number of aromatic nitrogens is 1. The first-order valence-corrected chi connectivity index (χ1v) is 5.71. The standard InChI is InChI=1S/C12H17N3O/c1-9-3-2-4-11(15-9)12(16)14-8-7-13-10-5-6-10/h2-4,10,13H,5-8H2,1H3,(H,14,16). The van der Waals surface area contributed by atoms with Crippen molar-refractivity contribution in [2.45, 2.75) is 25.8 Å². The summed E-state index contributed by atoms with van der Waals surface area (Å²) in [4.78, 5) is 15.8. The maximum absolute atomic E-state index is 11.7. The van der Waals surface area contributed by atoms with Crippen LogP contribution in [0.15, 0.2) is 18.2 Å². The Labute approximate surface area is 95.5 Å². The number of carbonyl (C=O) groups excluding carboxylic acids is 1. The van der Waals surface area contributed by atoms with Crippen LogP contribution in [0.2, 0.25) is 0 Å². The average molecular weight is 219 g/mol. The van der Waals surface area contributed by atoms with Crippen LogP contribution < -0.4 is 10.6 Å². The molecule has 1 aromatic heterocycles. The number of amides is 1. The topological polar surface area (TPSA) is 54.0 Å². The third-order valence-corrected chi connectivity index (χ3v) is 2.54. The Morgan fingerprint density at radius 1 is 1.44 bits per heavy atom. The number of nitrogens with one attached hydrogen (secondary N) is 2. The van der Waals surface area contributed by atoms with Gasteiger partial charge in [-0.25, -0.2) is 4.98 Å². The minimum atomic E-state index is -0.0960. The molecule has 4 heteroatoms. The van der Waals surface area contributed by atoms with E-state index in [1.165, 1.54) is 12.8 Å². The Hall–Kier alpha value is -1.42. The number of aryl methyl sites for hydroxylation is 1. The lowest BCUT2D eigenvalue weighted by Gasteiger charge is -2.05. The van der Waals surface area contributed by atoms with Crippen LogP contribution >= 0.6 is 0 Å². The third kappa shape index (κ3) is 3.31. The van der Waals surface area contributed by atoms with Crippen LogP contribution in [-0.2, 0) is 0 Å². The number of nitrogens with zero attached hydrogens (tertiary/aromatic N) is 1. The van der Waals surface area contributed by atoms with Gasteiger partial charge >= 0.3 is 0 Å². The van der Waals surface area contributed by atoms with Crippen molar-refractivity contribution in [2.75, 3.05) is 13.1 Å². The highest BCUT2D eigenvalue weighted by atomic mass is 16.1. The van der Waals surface area contributed by atoms with E-state index in [4.69, 9.17) is 0 Å². The van der Waals surface area contributed by atoms with Gasteiger partial charge in [-0.2, -0.15) is 0 Å². The van der Waals surface area contributed by atoms with Gasteiger partial charge in [-0.3, -0.25) is 4.79 Å². The molecule has 2 rings (SSSR count). The average Bonchev–Trinajstić information content (AvgIpc) is 3.08. The fourth-order valence-corrected chi connectivity index (χ4v) is 1.50. The molecule has 86 valence electrons. The Bertz CT molecular complexity index is 374. The summed E-state index contributed by atoms with van der Waals surface area (Å²) < 4.78 is 0. The molecule has 0 atom stereocenters. The number of rotatable bonds is 5. The molecule has 1 amide bonds. The van der Waals surface area contributed by atoms with E-state index < -0.39 is 0 Å². The molecule has 0 radical (unpaired) electrons. The Kier molecular flexibility index (Phi) is 3.51. The number of hydrogen-bond acceptors (Lipinski definition) is 3. The molecule has 0 aromatic carbocycles. The van der Waals surface area contributed by atoms with Gasteiger partial charge in [0.05, 0.1) is 0 Å². The van der Waals surface area contributed by atoms with E-state index in [1.54, 1.807) is 6.07 Å². The molecule has 4 nitrogen and oxygen atoms in total. The van der Waals surface area contributed by atoms with Crippen LogP contribution in [0.3, 0.4) is 0 Å². The predicted molar refractivity (Wildman–Crippen MR) is 62.3 cm³/mol. The molecule has 1 heterocycles. The van der Waals surface area contributed by atoms with Gasteiger partial charge < -0.3 is 10.6 Å². The molecule has 1 saturated carbocycles. The summed E-state index contributed by atoms with van der Waals surface area (Å²) >= 11 is 0. The third-order valence-electron chi connectivity index (χ3n) is 2.54. The summed E-state index contributed by atoms with van der Waals surface area (Å²) in [7, 11) is 0. The Morgan fingerprint density at radius 3 is 2.94 bits per heavy atom. The monoisotopic (exact) mass is 219 g/mol. The van der Waals surface area contributed by atoms with E-state index in [1.807, 2.05) is 19.1 Å². The summed E-state index contributed by atoms with van der Waals surface area (Å²) in [5.41, 5.74) is 1.36. The quantitative estimate of drug-likeness (QED) is 0.723. The van der Waals surface area contributed by atoms with Gasteiger partial charge in [-0.1, -0.05) is 6.07 Å². The minimum Gasteiger partial charge on any atom is -0.349 e. The van der Waals surface area contributed by atoms with Crippen molar-refractivity contribution in [1.29, 1.82) is 0 Å². The predicted octanol–water partition coefficient (Wildman–Crippen LogP) is 0.872. The molecule has 1 fully saturated rings. The second kappa shape index (κ2) is 5.07. The van der Waals surface area contributed by atoms with Crippen LogP contribution in [0, 0.1) is 6.92 Å². The number of hydrogen-bond donors (Lipinski definition) is 2. The Morgan fingerprint density at radius 2 is 2.25 bits per heavy atom. The molecule has 0 unspecified atom stereocenters. The van der Waals surface area contributed by atoms with Crippen molar-refractivity contribution in [1.82, 2.24) is 15.6 Å². The lowest BCUT2D eigenvalue weighted by Crippen LogP contribution is -2.33. The molecule has 1 aromatic rings. The molecule has 1 aliphatic carbocycles. The first-order valence-electron chi connectivity index (χ1n) is 5.71. The second-order valence-electron chi connectivity index (χ2n) is 4.15. The van der Waals surface area contributed by atoms with E-state index >= 15 is 0 Å². The highest BCUT2D eigenvalue weighted by Crippen LogP contribution is 2.17. The summed E-state index contributed by atoms with van der Waals surface area (Å²) in [5.74, 6) is -0.0960. The zero-order chi connectivity index (χ0) is 11.4. The normalized spacial score (nSPS) is 14.8. The first kappa shape index (κ1) is 11.1. The molecule has 0 spiro atoms. The van der Waals surface area contributed by atoms with Gasteiger partial charge in [0.1, 0.15) is 5.69 Å². The van der Waals surface area contributed by atoms with E-state index in [0.29, 0.717) is 18.3 Å². The molecule has 2 N–H and O–H groups in total. The summed E-state index contributed by atoms with van der Waals surface area (Å²) in [5, 5.41) is 6.19. The van der Waals surface area contributed by atoms with E-state index in [9.17, 15) is 4.79 Å². The van der Waals surface area contributed by atoms with Crippen molar-refractivity contribution in [2.24, 2.45) is 0 Å². The van der Waals surface area contributed by atoms with Gasteiger partial charge in [0, 0.05) is 24.8 Å². The van der Waals surface area contributed by atoms with Gasteiger partial charge in [0.15, 0.2) is 0 Å². The largest absolute Gasteiger partial charge is 0.349 e. The molecular formula is C12H17N3O. The fraction of sp³-hybridized carbons (Fsp3) is 0.500. The molecular weight excluding hydrogens is 202 g/mol. The highest BCUT2D eigenvalue weighted by molar-refractivity contribution is 5.92. The summed E-state index contributed by atoms with van der Waals surface area (Å²) in [6, 6.07) is 6.15. The van der Waals surface area contributed by atoms with Gasteiger partial charge in [-0.05, 0) is 31.9 Å². The van der Waals surface area contributed by atoms with Crippen molar-refractivity contribution in [3.8, 4) is 0 Å². The zero-order valence-corrected chi connectivity index (χ0v) is 9.49. The molecule has 0 aliphatic heterocycles. The van der Waals surface area contributed by atoms with E-state index in [0.717, 1.165) is 12.2 Å². The smallest absolute Gasteiger partial charge is 0.269 e. The highest BCUT2D eigenvalue weighted by Gasteiger charge is 2.19. The molecule has 0 bridgehead atoms. The van der Waals surface area contributed by atoms with Crippen molar-refractivity contribution < 1.29 is 4.79 Å². The van der Waals surface area contributed by atoms with E-state index in [2.05, 4.69) is 15.6 Å². The van der Waals surface area contributed by atoms with Gasteiger partial charge in [-0.15, -0.1) is 0 Å². The van der Waals surface area contributed by atoms with Gasteiger partial charge in [0.25, 0.3) is 5.91 Å².